The summed E-state index contributed by atoms with van der Waals surface area (Å²) < 4.78 is 0. The van der Waals surface area contributed by atoms with Crippen LogP contribution in [0.2, 0.25) is 0 Å². The van der Waals surface area contributed by atoms with Crippen LogP contribution in [-0.2, 0) is 0 Å². The average Bonchev–Trinajstić information content (AvgIpc) is 2.31. The number of nitrogens with one attached hydrogen (secondary N) is 1. The molecule has 3 nitrogen and oxygen atoms in total. The van der Waals surface area contributed by atoms with E-state index in [1.807, 2.05) is 20.2 Å². The fraction of sp³-hybridized carbons (Fsp3) is 0.643. The Balaban J connectivity index is 3.09. The molecule has 2 unspecified atom stereocenters. The Kier molecular flexibility index (Phi) is 4.66. The first-order valence-corrected chi connectivity index (χ1v) is 6.23. The third kappa shape index (κ3) is 2.85. The zero-order chi connectivity index (χ0) is 13.1. The van der Waals surface area contributed by atoms with E-state index in [1.54, 1.807) is 0 Å². The lowest BCUT2D eigenvalue weighted by Crippen LogP contribution is -2.50. The van der Waals surface area contributed by atoms with Crippen LogP contribution in [0.5, 0.6) is 0 Å². The first-order chi connectivity index (χ1) is 7.95. The van der Waals surface area contributed by atoms with E-state index in [4.69, 9.17) is 0 Å². The van der Waals surface area contributed by atoms with Gasteiger partial charge in [-0.1, -0.05) is 13.0 Å². The fourth-order valence-electron chi connectivity index (χ4n) is 2.27. The van der Waals surface area contributed by atoms with E-state index in [0.29, 0.717) is 0 Å². The van der Waals surface area contributed by atoms with Crippen molar-refractivity contribution in [3.8, 4) is 0 Å². The van der Waals surface area contributed by atoms with Crippen LogP contribution < -0.4 is 5.32 Å². The monoisotopic (exact) mass is 235 g/mol. The molecule has 96 valence electrons. The van der Waals surface area contributed by atoms with E-state index in [2.05, 4.69) is 55.3 Å². The molecule has 0 aliphatic carbocycles. The molecule has 0 aliphatic rings. The maximum atomic E-state index is 4.40. The van der Waals surface area contributed by atoms with E-state index in [9.17, 15) is 0 Å². The van der Waals surface area contributed by atoms with Gasteiger partial charge in [0.25, 0.3) is 0 Å². The lowest BCUT2D eigenvalue weighted by Gasteiger charge is -2.42. The Morgan fingerprint density at radius 1 is 1.41 bits per heavy atom. The number of hydrogen-bond donors (Lipinski definition) is 1. The molecule has 0 fully saturated rings. The molecule has 1 aromatic rings. The molecule has 1 rings (SSSR count). The van der Waals surface area contributed by atoms with Gasteiger partial charge in [-0.2, -0.15) is 0 Å². The molecule has 1 heterocycles. The highest BCUT2D eigenvalue weighted by atomic mass is 15.2. The van der Waals surface area contributed by atoms with Gasteiger partial charge in [0.15, 0.2) is 0 Å². The normalized spacial score (nSPS) is 16.9. The van der Waals surface area contributed by atoms with E-state index in [0.717, 1.165) is 12.1 Å². The van der Waals surface area contributed by atoms with Crippen LogP contribution in [-0.4, -0.2) is 36.6 Å². The number of nitrogens with zero attached hydrogens (tertiary/aromatic N) is 2. The zero-order valence-electron chi connectivity index (χ0n) is 11.9. The fourth-order valence-corrected chi connectivity index (χ4v) is 2.27. The van der Waals surface area contributed by atoms with E-state index >= 15 is 0 Å². The number of likely N-dealkylation sites (N-methyl/N-ethyl adjacent to an activating group) is 2. The van der Waals surface area contributed by atoms with E-state index < -0.39 is 0 Å². The number of rotatable bonds is 5. The van der Waals surface area contributed by atoms with Crippen LogP contribution in [0.1, 0.15) is 37.6 Å². The van der Waals surface area contributed by atoms with Crippen LogP contribution >= 0.6 is 0 Å². The molecule has 1 aromatic heterocycles. The Hall–Kier alpha value is -0.930. The van der Waals surface area contributed by atoms with Gasteiger partial charge in [-0.15, -0.1) is 0 Å². The van der Waals surface area contributed by atoms with Crippen LogP contribution in [0.3, 0.4) is 0 Å². The molecule has 0 aliphatic heterocycles. The maximum Gasteiger partial charge on any atom is 0.0517 e. The highest BCUT2D eigenvalue weighted by Gasteiger charge is 2.34. The minimum absolute atomic E-state index is 0.0890. The molecule has 0 radical (unpaired) electrons. The van der Waals surface area contributed by atoms with Crippen molar-refractivity contribution in [3.05, 3.63) is 29.6 Å². The van der Waals surface area contributed by atoms with Crippen LogP contribution in [0.15, 0.2) is 18.3 Å². The molecule has 0 spiro atoms. The van der Waals surface area contributed by atoms with Crippen LogP contribution in [0, 0.1) is 6.92 Å². The minimum atomic E-state index is 0.0890. The standard InChI is InChI=1S/C14H25N3/c1-7-14(3,17(5)6)13(15-4)12-9-8-11(2)16-10-12/h8-10,13,15H,7H2,1-6H3. The van der Waals surface area contributed by atoms with Crippen molar-refractivity contribution >= 4 is 0 Å². The second-order valence-corrected chi connectivity index (χ2v) is 5.06. The first-order valence-electron chi connectivity index (χ1n) is 6.23. The topological polar surface area (TPSA) is 28.2 Å². The minimum Gasteiger partial charge on any atom is -0.311 e. The molecule has 2 atom stereocenters. The third-order valence-corrected chi connectivity index (χ3v) is 3.92. The second-order valence-electron chi connectivity index (χ2n) is 5.06. The third-order valence-electron chi connectivity index (χ3n) is 3.92. The highest BCUT2D eigenvalue weighted by Crippen LogP contribution is 2.32. The van der Waals surface area contributed by atoms with Gasteiger partial charge >= 0.3 is 0 Å². The Morgan fingerprint density at radius 3 is 2.41 bits per heavy atom. The van der Waals surface area contributed by atoms with Gasteiger partial charge in [0.2, 0.25) is 0 Å². The summed E-state index contributed by atoms with van der Waals surface area (Å²) in [6.45, 7) is 6.53. The second kappa shape index (κ2) is 5.61. The number of aromatic nitrogens is 1. The largest absolute Gasteiger partial charge is 0.311 e. The lowest BCUT2D eigenvalue weighted by molar-refractivity contribution is 0.117. The molecule has 3 heteroatoms. The molecule has 17 heavy (non-hydrogen) atoms. The van der Waals surface area contributed by atoms with Crippen molar-refractivity contribution in [2.75, 3.05) is 21.1 Å². The Bertz CT molecular complexity index is 345. The quantitative estimate of drug-likeness (QED) is 0.849. The van der Waals surface area contributed by atoms with Crippen molar-refractivity contribution in [1.29, 1.82) is 0 Å². The first kappa shape index (κ1) is 14.1. The zero-order valence-corrected chi connectivity index (χ0v) is 11.9. The summed E-state index contributed by atoms with van der Waals surface area (Å²) in [4.78, 5) is 6.68. The van der Waals surface area contributed by atoms with Gasteiger partial charge < -0.3 is 10.2 Å². The van der Waals surface area contributed by atoms with Gasteiger partial charge in [-0.25, -0.2) is 0 Å². The molecular weight excluding hydrogens is 210 g/mol. The smallest absolute Gasteiger partial charge is 0.0517 e. The van der Waals surface area contributed by atoms with Gasteiger partial charge in [-0.05, 0) is 53.0 Å². The van der Waals surface area contributed by atoms with Crippen molar-refractivity contribution < 1.29 is 0 Å². The SMILES string of the molecule is CCC(C)(C(NC)c1ccc(C)nc1)N(C)C. The molecule has 1 N–H and O–H groups in total. The summed E-state index contributed by atoms with van der Waals surface area (Å²) in [5.41, 5.74) is 2.40. The van der Waals surface area contributed by atoms with Gasteiger partial charge in [-0.3, -0.25) is 4.98 Å². The molecule has 0 bridgehead atoms. The summed E-state index contributed by atoms with van der Waals surface area (Å²) >= 11 is 0. The lowest BCUT2D eigenvalue weighted by atomic mass is 9.84. The summed E-state index contributed by atoms with van der Waals surface area (Å²) in [6.07, 6.45) is 3.06. The molecule has 0 amide bonds. The molecule has 0 aromatic carbocycles. The summed E-state index contributed by atoms with van der Waals surface area (Å²) in [5.74, 6) is 0. The van der Waals surface area contributed by atoms with Crippen molar-refractivity contribution in [3.63, 3.8) is 0 Å². The number of pyridine rings is 1. The van der Waals surface area contributed by atoms with E-state index in [1.165, 1.54) is 5.56 Å². The summed E-state index contributed by atoms with van der Waals surface area (Å²) in [7, 11) is 6.28. The van der Waals surface area contributed by atoms with E-state index in [-0.39, 0.29) is 11.6 Å². The van der Waals surface area contributed by atoms with Crippen molar-refractivity contribution in [1.82, 2.24) is 15.2 Å². The molecule has 0 saturated carbocycles. The van der Waals surface area contributed by atoms with Crippen molar-refractivity contribution in [2.45, 2.75) is 38.8 Å². The summed E-state index contributed by atoms with van der Waals surface area (Å²) in [5, 5.41) is 3.43. The Morgan fingerprint density at radius 2 is 2.06 bits per heavy atom. The van der Waals surface area contributed by atoms with Gasteiger partial charge in [0.05, 0.1) is 6.04 Å². The van der Waals surface area contributed by atoms with Crippen LogP contribution in [0.4, 0.5) is 0 Å². The van der Waals surface area contributed by atoms with Crippen molar-refractivity contribution in [2.24, 2.45) is 0 Å². The number of aryl methyl sites for hydroxylation is 1. The predicted molar refractivity (Wildman–Crippen MR) is 73.2 cm³/mol. The average molecular weight is 235 g/mol. The molecular formula is C14H25N3. The van der Waals surface area contributed by atoms with Gasteiger partial charge in [0.1, 0.15) is 0 Å². The number of hydrogen-bond acceptors (Lipinski definition) is 3. The van der Waals surface area contributed by atoms with Gasteiger partial charge in [0, 0.05) is 17.4 Å². The summed E-state index contributed by atoms with van der Waals surface area (Å²) in [6, 6.07) is 4.53. The Labute approximate surface area is 105 Å². The maximum absolute atomic E-state index is 4.40. The molecule has 0 saturated heterocycles. The predicted octanol–water partition coefficient (Wildman–Crippen LogP) is 2.38. The highest BCUT2D eigenvalue weighted by molar-refractivity contribution is 5.21. The van der Waals surface area contributed by atoms with Crippen LogP contribution in [0.25, 0.3) is 0 Å².